The van der Waals surface area contributed by atoms with E-state index in [0.29, 0.717) is 26.5 Å². The van der Waals surface area contributed by atoms with Crippen LogP contribution in [0.25, 0.3) is 17.0 Å². The molecule has 6 nitrogen and oxygen atoms in total. The van der Waals surface area contributed by atoms with Crippen molar-refractivity contribution in [3.8, 4) is 11.5 Å². The summed E-state index contributed by atoms with van der Waals surface area (Å²) in [5.74, 6) is 0.785. The van der Waals surface area contributed by atoms with Crippen molar-refractivity contribution in [3.63, 3.8) is 0 Å². The Kier molecular flexibility index (Phi) is 4.74. The maximum absolute atomic E-state index is 13.0. The van der Waals surface area contributed by atoms with Gasteiger partial charge in [-0.15, -0.1) is 0 Å². The van der Waals surface area contributed by atoms with Crippen molar-refractivity contribution in [2.75, 3.05) is 11.7 Å². The van der Waals surface area contributed by atoms with Crippen LogP contribution in [0.4, 0.5) is 5.69 Å². The largest absolute Gasteiger partial charge is 0.462 e. The highest BCUT2D eigenvalue weighted by atomic mass is 35.5. The maximum Gasteiger partial charge on any atom is 0.270 e. The average Bonchev–Trinajstić information content (AvgIpc) is 3.28. The second kappa shape index (κ2) is 7.31. The Hall–Kier alpha value is -2.52. The number of thioether (sulfide) groups is 1. The number of hydrogen-bond acceptors (Lipinski definition) is 7. The summed E-state index contributed by atoms with van der Waals surface area (Å²) in [6.07, 6.45) is 2.71. The number of fused-ring (bicyclic) bond motifs is 2. The normalized spacial score (nSPS) is 16.9. The summed E-state index contributed by atoms with van der Waals surface area (Å²) in [5, 5.41) is 0.772. The van der Waals surface area contributed by atoms with Crippen LogP contribution in [0, 0.1) is 0 Å². The summed E-state index contributed by atoms with van der Waals surface area (Å²) in [4.78, 5) is 27.5. The molecule has 0 aliphatic carbocycles. The van der Waals surface area contributed by atoms with Crippen LogP contribution < -0.4 is 19.8 Å². The average molecular weight is 478 g/mol. The van der Waals surface area contributed by atoms with Gasteiger partial charge in [0.05, 0.1) is 26.6 Å². The van der Waals surface area contributed by atoms with Crippen LogP contribution in [0.5, 0.6) is 11.5 Å². The lowest BCUT2D eigenvalue weighted by Gasteiger charge is -2.14. The van der Waals surface area contributed by atoms with Crippen molar-refractivity contribution in [3.05, 3.63) is 67.3 Å². The van der Waals surface area contributed by atoms with Gasteiger partial charge in [0.25, 0.3) is 5.91 Å². The van der Waals surface area contributed by atoms with Crippen LogP contribution in [0.3, 0.4) is 0 Å². The molecule has 2 aliphatic heterocycles. The molecular formula is C20H9Cl2NO5S2. The summed E-state index contributed by atoms with van der Waals surface area (Å²) in [6, 6.07) is 8.08. The molecule has 5 rings (SSSR count). The molecule has 2 aromatic carbocycles. The van der Waals surface area contributed by atoms with Gasteiger partial charge < -0.3 is 13.9 Å². The molecule has 0 unspecified atom stereocenters. The third-order valence-electron chi connectivity index (χ3n) is 4.51. The predicted molar refractivity (Wildman–Crippen MR) is 121 cm³/mol. The third kappa shape index (κ3) is 3.16. The summed E-state index contributed by atoms with van der Waals surface area (Å²) in [7, 11) is 0. The van der Waals surface area contributed by atoms with E-state index in [4.69, 9.17) is 49.3 Å². The van der Waals surface area contributed by atoms with Gasteiger partial charge in [-0.1, -0.05) is 47.2 Å². The highest BCUT2D eigenvalue weighted by molar-refractivity contribution is 8.27. The standard InChI is InChI=1S/C20H9Cl2NO5S2/c21-10-4-12-17(24)9(7-26-18(12)13(22)5-10)3-16-19(25)23(20(29)30-16)11-1-2-14-15(6-11)28-8-27-14/h1-7H,8H2/b16-3-. The molecule has 3 heterocycles. The molecule has 0 N–H and O–H groups in total. The third-order valence-corrected chi connectivity index (χ3v) is 6.31. The van der Waals surface area contributed by atoms with Crippen molar-refractivity contribution < 1.29 is 18.7 Å². The van der Waals surface area contributed by atoms with Gasteiger partial charge >= 0.3 is 0 Å². The SMILES string of the molecule is O=C1/C(=C/c2coc3c(Cl)cc(Cl)cc3c2=O)SC(=S)N1c1ccc2c(c1)OCO2. The number of carbonyl (C=O) groups excluding carboxylic acids is 1. The molecule has 0 atom stereocenters. The van der Waals surface area contributed by atoms with Gasteiger partial charge in [-0.2, -0.15) is 0 Å². The molecule has 1 amide bonds. The fourth-order valence-electron chi connectivity index (χ4n) is 3.14. The Morgan fingerprint density at radius 3 is 2.73 bits per heavy atom. The molecule has 30 heavy (non-hydrogen) atoms. The first-order valence-electron chi connectivity index (χ1n) is 8.50. The van der Waals surface area contributed by atoms with Crippen molar-refractivity contribution in [2.45, 2.75) is 0 Å². The van der Waals surface area contributed by atoms with Crippen LogP contribution in [0.1, 0.15) is 5.56 Å². The number of halogens is 2. The number of anilines is 1. The van der Waals surface area contributed by atoms with Crippen LogP contribution >= 0.6 is 47.2 Å². The molecule has 0 radical (unpaired) electrons. The number of ether oxygens (including phenoxy) is 2. The molecule has 0 bridgehead atoms. The van der Waals surface area contributed by atoms with Crippen LogP contribution in [-0.4, -0.2) is 17.0 Å². The molecule has 0 spiro atoms. The molecule has 2 aliphatic rings. The molecule has 0 saturated carbocycles. The smallest absolute Gasteiger partial charge is 0.270 e. The Morgan fingerprint density at radius 1 is 1.10 bits per heavy atom. The summed E-state index contributed by atoms with van der Waals surface area (Å²) < 4.78 is 16.5. The number of rotatable bonds is 2. The number of nitrogens with zero attached hydrogens (tertiary/aromatic N) is 1. The number of benzene rings is 2. The molecule has 1 aromatic heterocycles. The Bertz CT molecular complexity index is 1350. The van der Waals surface area contributed by atoms with E-state index in [1.165, 1.54) is 29.4 Å². The van der Waals surface area contributed by atoms with Crippen molar-refractivity contribution in [1.82, 2.24) is 0 Å². The van der Waals surface area contributed by atoms with Gasteiger partial charge in [-0.3, -0.25) is 14.5 Å². The fourth-order valence-corrected chi connectivity index (χ4v) is 4.96. The lowest BCUT2D eigenvalue weighted by Crippen LogP contribution is -2.27. The van der Waals surface area contributed by atoms with E-state index in [9.17, 15) is 9.59 Å². The Morgan fingerprint density at radius 2 is 1.90 bits per heavy atom. The van der Waals surface area contributed by atoms with E-state index >= 15 is 0 Å². The maximum atomic E-state index is 13.0. The molecular weight excluding hydrogens is 469 g/mol. The number of carbonyl (C=O) groups is 1. The second-order valence-electron chi connectivity index (χ2n) is 6.34. The minimum absolute atomic E-state index is 0.128. The molecule has 1 saturated heterocycles. The molecule has 1 fully saturated rings. The van der Waals surface area contributed by atoms with E-state index in [2.05, 4.69) is 0 Å². The topological polar surface area (TPSA) is 69.0 Å². The van der Waals surface area contributed by atoms with Gasteiger partial charge in [0.1, 0.15) is 6.26 Å². The van der Waals surface area contributed by atoms with E-state index in [1.54, 1.807) is 18.2 Å². The first kappa shape index (κ1) is 19.4. The van der Waals surface area contributed by atoms with E-state index in [-0.39, 0.29) is 44.6 Å². The van der Waals surface area contributed by atoms with Crippen LogP contribution in [0.2, 0.25) is 10.0 Å². The van der Waals surface area contributed by atoms with Gasteiger partial charge in [-0.25, -0.2) is 0 Å². The van der Waals surface area contributed by atoms with Gasteiger partial charge in [0.15, 0.2) is 26.8 Å². The first-order valence-corrected chi connectivity index (χ1v) is 10.5. The Labute approximate surface area is 188 Å². The zero-order chi connectivity index (χ0) is 21.0. The van der Waals surface area contributed by atoms with Crippen molar-refractivity contribution >= 4 is 80.1 Å². The molecule has 3 aromatic rings. The van der Waals surface area contributed by atoms with Crippen molar-refractivity contribution in [2.24, 2.45) is 0 Å². The van der Waals surface area contributed by atoms with E-state index in [0.717, 1.165) is 11.8 Å². The molecule has 10 heteroatoms. The van der Waals surface area contributed by atoms with Gasteiger partial charge in [0.2, 0.25) is 6.79 Å². The highest BCUT2D eigenvalue weighted by Crippen LogP contribution is 2.40. The van der Waals surface area contributed by atoms with E-state index in [1.807, 2.05) is 0 Å². The minimum Gasteiger partial charge on any atom is -0.462 e. The number of thiocarbonyl (C=S) groups is 1. The summed E-state index contributed by atoms with van der Waals surface area (Å²) >= 11 is 18.6. The second-order valence-corrected chi connectivity index (χ2v) is 8.86. The zero-order valence-electron chi connectivity index (χ0n) is 14.8. The van der Waals surface area contributed by atoms with Crippen molar-refractivity contribution in [1.29, 1.82) is 0 Å². The minimum atomic E-state index is -0.354. The van der Waals surface area contributed by atoms with Gasteiger partial charge in [0, 0.05) is 11.1 Å². The zero-order valence-corrected chi connectivity index (χ0v) is 18.0. The number of amides is 1. The first-order chi connectivity index (χ1) is 14.4. The van der Waals surface area contributed by atoms with Crippen LogP contribution in [-0.2, 0) is 4.79 Å². The predicted octanol–water partition coefficient (Wildman–Crippen LogP) is 5.23. The van der Waals surface area contributed by atoms with Gasteiger partial charge in [-0.05, 0) is 30.3 Å². The Balaban J connectivity index is 1.54. The number of hydrogen-bond donors (Lipinski definition) is 0. The summed E-state index contributed by atoms with van der Waals surface area (Å²) in [6.45, 7) is 0.128. The fraction of sp³-hybridized carbons (Fsp3) is 0.0500. The lowest BCUT2D eigenvalue weighted by atomic mass is 10.1. The summed E-state index contributed by atoms with van der Waals surface area (Å²) in [5.41, 5.74) is 0.617. The monoisotopic (exact) mass is 477 g/mol. The van der Waals surface area contributed by atoms with Crippen LogP contribution in [0.15, 0.2) is 50.7 Å². The highest BCUT2D eigenvalue weighted by Gasteiger charge is 2.34. The quantitative estimate of drug-likeness (QED) is 0.369. The van der Waals surface area contributed by atoms with E-state index < -0.39 is 0 Å². The molecule has 150 valence electrons. The lowest BCUT2D eigenvalue weighted by molar-refractivity contribution is -0.113.